The number of hydrogen-bond acceptors (Lipinski definition) is 4. The van der Waals surface area contributed by atoms with Gasteiger partial charge in [-0.1, -0.05) is 27.7 Å². The van der Waals surface area contributed by atoms with Gasteiger partial charge in [-0.15, -0.1) is 0 Å². The van der Waals surface area contributed by atoms with Crippen LogP contribution in [0.15, 0.2) is 0 Å². The van der Waals surface area contributed by atoms with Crippen molar-refractivity contribution < 1.29 is 46.6 Å². The summed E-state index contributed by atoms with van der Waals surface area (Å²) in [6.45, 7) is 10.5. The summed E-state index contributed by atoms with van der Waals surface area (Å²) in [5.74, 6) is 0. The van der Waals surface area contributed by atoms with Gasteiger partial charge in [0, 0.05) is 13.2 Å². The molecule has 5 heteroatoms. The summed E-state index contributed by atoms with van der Waals surface area (Å²) in [5.41, 5.74) is 0. The molecule has 0 rings (SSSR count). The van der Waals surface area contributed by atoms with Crippen LogP contribution >= 0.6 is 0 Å². The quantitative estimate of drug-likeness (QED) is 0.598. The second-order valence-electron chi connectivity index (χ2n) is 2.63. The molecule has 0 radical (unpaired) electrons. The second-order valence-corrected chi connectivity index (χ2v) is 2.63. The van der Waals surface area contributed by atoms with Crippen molar-refractivity contribution in [2.45, 2.75) is 53.4 Å². The molecule has 0 aliphatic rings. The monoisotopic (exact) mass is 328 g/mol. The molecular weight excluding hydrogens is 299 g/mol. The molecule has 0 bridgehead atoms. The van der Waals surface area contributed by atoms with Gasteiger partial charge >= 0.3 is 26.2 Å². The summed E-state index contributed by atoms with van der Waals surface area (Å²) in [5, 5.41) is 31.2. The minimum absolute atomic E-state index is 0. The van der Waals surface area contributed by atoms with Crippen LogP contribution in [0, 0.1) is 13.2 Å². The number of rotatable bonds is 4. The van der Waals surface area contributed by atoms with Gasteiger partial charge in [0.05, 0.1) is 0 Å². The molecule has 0 fully saturated rings. The average Bonchev–Trinajstić information content (AvgIpc) is 2.39. The first kappa shape index (κ1) is 30.6. The van der Waals surface area contributed by atoms with Crippen molar-refractivity contribution in [2.24, 2.45) is 0 Å². The molecule has 4 nitrogen and oxygen atoms in total. The molecule has 0 unspecified atom stereocenters. The molecule has 17 heavy (non-hydrogen) atoms. The summed E-state index contributed by atoms with van der Waals surface area (Å²) >= 11 is 0. The van der Waals surface area contributed by atoms with Crippen LogP contribution in [0.2, 0.25) is 0 Å². The molecule has 0 atom stereocenters. The van der Waals surface area contributed by atoms with E-state index in [4.69, 9.17) is 20.4 Å². The van der Waals surface area contributed by atoms with E-state index in [1.165, 1.54) is 0 Å². The van der Waals surface area contributed by atoms with Crippen LogP contribution in [0.1, 0.15) is 53.4 Å². The Morgan fingerprint density at radius 2 is 0.824 bits per heavy atom. The summed E-state index contributed by atoms with van der Waals surface area (Å²) in [4.78, 5) is 0. The van der Waals surface area contributed by atoms with E-state index < -0.39 is 0 Å². The predicted molar refractivity (Wildman–Crippen MR) is 67.8 cm³/mol. The Morgan fingerprint density at radius 3 is 0.824 bits per heavy atom. The normalized spacial score (nSPS) is 7.06. The zero-order valence-electron chi connectivity index (χ0n) is 11.7. The van der Waals surface area contributed by atoms with Crippen molar-refractivity contribution in [2.75, 3.05) is 13.2 Å². The van der Waals surface area contributed by atoms with Gasteiger partial charge in [-0.2, -0.15) is 12.8 Å². The maximum atomic E-state index is 7.88. The Morgan fingerprint density at radius 1 is 0.706 bits per heavy atom. The van der Waals surface area contributed by atoms with Gasteiger partial charge in [0.25, 0.3) is 0 Å². The third kappa shape index (κ3) is 163. The van der Waals surface area contributed by atoms with Crippen LogP contribution in [-0.2, 0) is 26.2 Å². The molecule has 0 aliphatic carbocycles. The van der Waals surface area contributed by atoms with E-state index in [1.807, 2.05) is 27.7 Å². The molecule has 0 saturated heterocycles. The fraction of sp³-hybridized carbons (Fsp3) is 0.833. The number of aliphatic hydroxyl groups excluding tert-OH is 4. The molecule has 0 aromatic heterocycles. The maximum absolute atomic E-state index is 7.88. The second kappa shape index (κ2) is 54.3. The molecular formula is C12H30O4Zr. The predicted octanol–water partition coefficient (Wildman–Crippen LogP) is 2.64. The van der Waals surface area contributed by atoms with Crippen molar-refractivity contribution in [3.63, 3.8) is 0 Å². The fourth-order valence-electron chi connectivity index (χ4n) is 0. The van der Waals surface area contributed by atoms with E-state index >= 15 is 0 Å². The first-order valence-corrected chi connectivity index (χ1v) is 5.79. The van der Waals surface area contributed by atoms with Gasteiger partial charge in [-0.25, -0.2) is 13.2 Å². The largest absolute Gasteiger partial charge is 2.00 e. The van der Waals surface area contributed by atoms with Crippen molar-refractivity contribution in [1.82, 2.24) is 0 Å². The van der Waals surface area contributed by atoms with E-state index in [9.17, 15) is 0 Å². The van der Waals surface area contributed by atoms with Gasteiger partial charge < -0.3 is 20.4 Å². The molecule has 0 spiro atoms. The van der Waals surface area contributed by atoms with Crippen LogP contribution < -0.4 is 0 Å². The van der Waals surface area contributed by atoms with Crippen molar-refractivity contribution in [3.8, 4) is 0 Å². The van der Waals surface area contributed by atoms with E-state index in [2.05, 4.69) is 0 Å². The minimum Gasteiger partial charge on any atom is -0.566 e. The maximum Gasteiger partial charge on any atom is 2.00 e. The summed E-state index contributed by atoms with van der Waals surface area (Å²) in [6.07, 6.45) is 3.25. The Bertz CT molecular complexity index is 42.5. The van der Waals surface area contributed by atoms with E-state index in [0.29, 0.717) is 13.2 Å². The first-order valence-electron chi connectivity index (χ1n) is 5.79. The summed E-state index contributed by atoms with van der Waals surface area (Å²) < 4.78 is 0. The number of hydrogen-bond donors (Lipinski definition) is 4. The molecule has 106 valence electrons. The minimum atomic E-state index is 0. The standard InChI is InChI=1S/2C3H8O.2C3H7O.Zr/c4*1-2-3-4;/h2*4H,2-3H2,1H3;2*3-4H,2H2,1H3;/q;;2*-1;+2. The Labute approximate surface area is 126 Å². The smallest absolute Gasteiger partial charge is 0.566 e. The molecule has 0 aromatic rings. The summed E-state index contributed by atoms with van der Waals surface area (Å²) in [7, 11) is 0. The third-order valence-electron chi connectivity index (χ3n) is 0.812. The first-order chi connectivity index (χ1) is 7.66. The van der Waals surface area contributed by atoms with E-state index in [1.54, 1.807) is 0 Å². The van der Waals surface area contributed by atoms with Crippen LogP contribution in [0.4, 0.5) is 0 Å². The van der Waals surface area contributed by atoms with Gasteiger partial charge in [0.2, 0.25) is 0 Å². The van der Waals surface area contributed by atoms with Crippen LogP contribution in [0.3, 0.4) is 0 Å². The molecule has 4 N–H and O–H groups in total. The Kier molecular flexibility index (Phi) is 97.9. The van der Waals surface area contributed by atoms with Crippen LogP contribution in [0.25, 0.3) is 0 Å². The fourth-order valence-corrected chi connectivity index (χ4v) is 0. The zero-order valence-corrected chi connectivity index (χ0v) is 14.1. The molecule has 0 aromatic carbocycles. The van der Waals surface area contributed by atoms with Crippen molar-refractivity contribution >= 4 is 0 Å². The third-order valence-corrected chi connectivity index (χ3v) is 0.812. The topological polar surface area (TPSA) is 80.9 Å². The van der Waals surface area contributed by atoms with Crippen molar-refractivity contribution in [3.05, 3.63) is 13.2 Å². The van der Waals surface area contributed by atoms with Crippen LogP contribution in [-0.4, -0.2) is 33.6 Å². The van der Waals surface area contributed by atoms with Gasteiger partial charge in [0.15, 0.2) is 0 Å². The van der Waals surface area contributed by atoms with Gasteiger partial charge in [-0.05, 0) is 12.8 Å². The molecule has 0 amide bonds. The number of aliphatic hydroxyl groups is 4. The van der Waals surface area contributed by atoms with E-state index in [0.717, 1.165) is 38.9 Å². The van der Waals surface area contributed by atoms with E-state index in [-0.39, 0.29) is 26.2 Å². The SMILES string of the molecule is CCCO.CCCO.CC[CH-]O.CC[CH-]O.[Zr+2]. The van der Waals surface area contributed by atoms with Crippen molar-refractivity contribution in [1.29, 1.82) is 0 Å². The molecule has 0 heterocycles. The molecule has 0 saturated carbocycles. The zero-order chi connectivity index (χ0) is 13.7. The van der Waals surface area contributed by atoms with Crippen LogP contribution in [0.5, 0.6) is 0 Å². The Hall–Kier alpha value is 0.723. The van der Waals surface area contributed by atoms with Gasteiger partial charge in [-0.3, -0.25) is 0 Å². The Balaban J connectivity index is -0.0000000369. The summed E-state index contributed by atoms with van der Waals surface area (Å²) in [6, 6.07) is 0. The molecule has 0 aliphatic heterocycles. The average molecular weight is 330 g/mol. The van der Waals surface area contributed by atoms with Gasteiger partial charge in [0.1, 0.15) is 0 Å².